The predicted molar refractivity (Wildman–Crippen MR) is 69.9 cm³/mol. The number of aryl methyl sites for hydroxylation is 2. The average Bonchev–Trinajstić information content (AvgIpc) is 2.72. The van der Waals surface area contributed by atoms with Crippen LogP contribution >= 0.6 is 0 Å². The molecule has 0 saturated heterocycles. The Kier molecular flexibility index (Phi) is 2.51. The van der Waals surface area contributed by atoms with Crippen molar-refractivity contribution in [2.75, 3.05) is 7.11 Å². The second kappa shape index (κ2) is 4.05. The standard InChI is InChI=1S/C14H16N2O2/c1-9-12-7-6-10(18-2)8-16(12)13-5-3-4-11(15-17)14(9)13/h6-8,17H,3-5H2,1-2H3. The highest BCUT2D eigenvalue weighted by atomic mass is 16.5. The van der Waals surface area contributed by atoms with Crippen molar-refractivity contribution in [3.8, 4) is 5.75 Å². The van der Waals surface area contributed by atoms with Crippen molar-refractivity contribution >= 4 is 11.2 Å². The van der Waals surface area contributed by atoms with Crippen LogP contribution in [0, 0.1) is 6.92 Å². The predicted octanol–water partition coefficient (Wildman–Crippen LogP) is 2.77. The molecule has 1 N–H and O–H groups in total. The van der Waals surface area contributed by atoms with E-state index in [2.05, 4.69) is 22.5 Å². The van der Waals surface area contributed by atoms with E-state index in [4.69, 9.17) is 9.94 Å². The van der Waals surface area contributed by atoms with Crippen molar-refractivity contribution in [1.29, 1.82) is 0 Å². The van der Waals surface area contributed by atoms with Crippen molar-refractivity contribution in [3.05, 3.63) is 35.2 Å². The summed E-state index contributed by atoms with van der Waals surface area (Å²) in [5, 5.41) is 12.6. The molecule has 0 radical (unpaired) electrons. The summed E-state index contributed by atoms with van der Waals surface area (Å²) in [6, 6.07) is 4.02. The molecule has 2 aromatic heterocycles. The maximum Gasteiger partial charge on any atom is 0.135 e. The van der Waals surface area contributed by atoms with E-state index in [1.54, 1.807) is 7.11 Å². The third kappa shape index (κ3) is 1.41. The topological polar surface area (TPSA) is 46.2 Å². The Morgan fingerprint density at radius 3 is 2.89 bits per heavy atom. The number of nitrogens with zero attached hydrogens (tertiary/aromatic N) is 2. The molecular formula is C14H16N2O2. The molecule has 0 fully saturated rings. The van der Waals surface area contributed by atoms with Gasteiger partial charge in [-0.25, -0.2) is 0 Å². The summed E-state index contributed by atoms with van der Waals surface area (Å²) in [4.78, 5) is 0. The fraction of sp³-hybridized carbons (Fsp3) is 0.357. The minimum atomic E-state index is 0.802. The average molecular weight is 244 g/mol. The highest BCUT2D eigenvalue weighted by molar-refractivity contribution is 6.05. The normalized spacial score (nSPS) is 17.1. The zero-order valence-electron chi connectivity index (χ0n) is 10.6. The van der Waals surface area contributed by atoms with Crippen LogP contribution in [-0.2, 0) is 6.42 Å². The summed E-state index contributed by atoms with van der Waals surface area (Å²) < 4.78 is 7.44. The minimum absolute atomic E-state index is 0.802. The van der Waals surface area contributed by atoms with Gasteiger partial charge < -0.3 is 14.3 Å². The fourth-order valence-electron chi connectivity index (χ4n) is 2.87. The van der Waals surface area contributed by atoms with Crippen molar-refractivity contribution in [2.45, 2.75) is 26.2 Å². The Morgan fingerprint density at radius 2 is 2.17 bits per heavy atom. The largest absolute Gasteiger partial charge is 0.495 e. The number of pyridine rings is 1. The number of aromatic nitrogens is 1. The summed E-state index contributed by atoms with van der Waals surface area (Å²) in [6.45, 7) is 2.08. The molecule has 4 heteroatoms. The van der Waals surface area contributed by atoms with Gasteiger partial charge in [-0.15, -0.1) is 0 Å². The van der Waals surface area contributed by atoms with Gasteiger partial charge in [0.2, 0.25) is 0 Å². The maximum atomic E-state index is 9.14. The van der Waals surface area contributed by atoms with Crippen molar-refractivity contribution < 1.29 is 9.94 Å². The molecule has 0 aromatic carbocycles. The van der Waals surface area contributed by atoms with E-state index in [0.29, 0.717) is 0 Å². The first-order valence-electron chi connectivity index (χ1n) is 6.15. The first-order valence-corrected chi connectivity index (χ1v) is 6.15. The Labute approximate surface area is 105 Å². The minimum Gasteiger partial charge on any atom is -0.495 e. The van der Waals surface area contributed by atoms with Crippen molar-refractivity contribution in [2.24, 2.45) is 5.16 Å². The number of hydrogen-bond donors (Lipinski definition) is 1. The Bertz CT molecular complexity index is 641. The van der Waals surface area contributed by atoms with E-state index in [9.17, 15) is 0 Å². The molecule has 0 unspecified atom stereocenters. The molecule has 0 atom stereocenters. The second-order valence-corrected chi connectivity index (χ2v) is 4.67. The van der Waals surface area contributed by atoms with E-state index in [0.717, 1.165) is 41.8 Å². The fourth-order valence-corrected chi connectivity index (χ4v) is 2.87. The molecule has 0 aliphatic heterocycles. The Morgan fingerprint density at radius 1 is 1.33 bits per heavy atom. The van der Waals surface area contributed by atoms with Crippen LogP contribution in [0.15, 0.2) is 23.5 Å². The zero-order valence-corrected chi connectivity index (χ0v) is 10.6. The summed E-state index contributed by atoms with van der Waals surface area (Å²) in [7, 11) is 1.67. The summed E-state index contributed by atoms with van der Waals surface area (Å²) in [5.41, 5.74) is 5.47. The van der Waals surface area contributed by atoms with Gasteiger partial charge in [0.1, 0.15) is 5.75 Å². The Balaban J connectivity index is 2.35. The first-order chi connectivity index (χ1) is 8.76. The molecule has 3 rings (SSSR count). The van der Waals surface area contributed by atoms with E-state index in [1.165, 1.54) is 11.3 Å². The quantitative estimate of drug-likeness (QED) is 0.619. The molecule has 18 heavy (non-hydrogen) atoms. The number of hydrogen-bond acceptors (Lipinski definition) is 3. The number of methoxy groups -OCH3 is 1. The van der Waals surface area contributed by atoms with Crippen LogP contribution in [0.25, 0.3) is 5.52 Å². The zero-order chi connectivity index (χ0) is 12.7. The van der Waals surface area contributed by atoms with Crippen molar-refractivity contribution in [3.63, 3.8) is 0 Å². The highest BCUT2D eigenvalue weighted by Gasteiger charge is 2.23. The van der Waals surface area contributed by atoms with E-state index >= 15 is 0 Å². The number of oxime groups is 1. The van der Waals surface area contributed by atoms with Crippen LogP contribution in [0.2, 0.25) is 0 Å². The van der Waals surface area contributed by atoms with Crippen molar-refractivity contribution in [1.82, 2.24) is 4.40 Å². The van der Waals surface area contributed by atoms with E-state index in [1.807, 2.05) is 12.3 Å². The third-order valence-corrected chi connectivity index (χ3v) is 3.73. The lowest BCUT2D eigenvalue weighted by molar-refractivity contribution is 0.317. The lowest BCUT2D eigenvalue weighted by atomic mass is 9.93. The summed E-state index contributed by atoms with van der Waals surface area (Å²) in [5.74, 6) is 0.841. The van der Waals surface area contributed by atoms with Crippen LogP contribution < -0.4 is 4.74 Å². The monoisotopic (exact) mass is 244 g/mol. The number of ether oxygens (including phenoxy) is 1. The smallest absolute Gasteiger partial charge is 0.135 e. The first kappa shape index (κ1) is 11.1. The molecule has 2 aromatic rings. The second-order valence-electron chi connectivity index (χ2n) is 4.67. The Hall–Kier alpha value is -1.97. The number of rotatable bonds is 1. The van der Waals surface area contributed by atoms with Gasteiger partial charge in [0, 0.05) is 16.8 Å². The highest BCUT2D eigenvalue weighted by Crippen LogP contribution is 2.31. The molecule has 2 heterocycles. The van der Waals surface area contributed by atoms with Gasteiger partial charge in [0.25, 0.3) is 0 Å². The number of fused-ring (bicyclic) bond motifs is 3. The van der Waals surface area contributed by atoms with Gasteiger partial charge in [0.15, 0.2) is 0 Å². The van der Waals surface area contributed by atoms with Crippen LogP contribution in [0.5, 0.6) is 5.75 Å². The lowest BCUT2D eigenvalue weighted by Gasteiger charge is -2.14. The summed E-state index contributed by atoms with van der Waals surface area (Å²) in [6.07, 6.45) is 4.88. The van der Waals surface area contributed by atoms with Crippen LogP contribution in [0.1, 0.15) is 29.7 Å². The van der Waals surface area contributed by atoms with Gasteiger partial charge in [-0.3, -0.25) is 0 Å². The van der Waals surface area contributed by atoms with Crippen LogP contribution in [0.4, 0.5) is 0 Å². The van der Waals surface area contributed by atoms with Gasteiger partial charge in [-0.2, -0.15) is 0 Å². The van der Waals surface area contributed by atoms with Gasteiger partial charge >= 0.3 is 0 Å². The molecule has 0 saturated carbocycles. The molecule has 4 nitrogen and oxygen atoms in total. The van der Waals surface area contributed by atoms with E-state index in [-0.39, 0.29) is 0 Å². The molecule has 1 aliphatic rings. The molecule has 94 valence electrons. The SMILES string of the molecule is COc1ccc2c(C)c3c(n2c1)CCCC3=NO. The van der Waals surface area contributed by atoms with E-state index < -0.39 is 0 Å². The summed E-state index contributed by atoms with van der Waals surface area (Å²) >= 11 is 0. The molecular weight excluding hydrogens is 228 g/mol. The van der Waals surface area contributed by atoms with Gasteiger partial charge in [-0.1, -0.05) is 5.16 Å². The molecule has 0 amide bonds. The van der Waals surface area contributed by atoms with Crippen LogP contribution in [0.3, 0.4) is 0 Å². The third-order valence-electron chi connectivity index (χ3n) is 3.73. The molecule has 0 spiro atoms. The molecule has 0 bridgehead atoms. The lowest BCUT2D eigenvalue weighted by Crippen LogP contribution is -2.12. The van der Waals surface area contributed by atoms with Crippen LogP contribution in [-0.4, -0.2) is 22.4 Å². The van der Waals surface area contributed by atoms with Gasteiger partial charge in [0.05, 0.1) is 19.0 Å². The maximum absolute atomic E-state index is 9.14. The van der Waals surface area contributed by atoms with Gasteiger partial charge in [-0.05, 0) is 43.9 Å². The molecule has 1 aliphatic carbocycles.